The van der Waals surface area contributed by atoms with Gasteiger partial charge in [-0.1, -0.05) is 63.1 Å². The number of hydrogen-bond donors (Lipinski definition) is 0. The zero-order chi connectivity index (χ0) is 14.5. The molecule has 20 heavy (non-hydrogen) atoms. The molecule has 1 nitrogen and oxygen atoms in total. The molecule has 1 heteroatoms. The van der Waals surface area contributed by atoms with Crippen molar-refractivity contribution in [1.82, 2.24) is 0 Å². The van der Waals surface area contributed by atoms with Crippen LogP contribution in [-0.4, -0.2) is 6.61 Å². The monoisotopic (exact) mass is 270 g/mol. The third kappa shape index (κ3) is 7.81. The van der Waals surface area contributed by atoms with Gasteiger partial charge in [-0.2, -0.15) is 0 Å². The quantitative estimate of drug-likeness (QED) is 0.442. The van der Waals surface area contributed by atoms with Crippen molar-refractivity contribution in [2.75, 3.05) is 6.61 Å². The van der Waals surface area contributed by atoms with Gasteiger partial charge >= 0.3 is 0 Å². The Bertz CT molecular complexity index is 419. The molecule has 0 heterocycles. The Labute approximate surface area is 124 Å². The second-order valence-electron chi connectivity index (χ2n) is 4.91. The van der Waals surface area contributed by atoms with Gasteiger partial charge in [0.05, 0.1) is 13.2 Å². The average Bonchev–Trinajstić information content (AvgIpc) is 2.50. The van der Waals surface area contributed by atoms with Crippen LogP contribution in [-0.2, 0) is 11.3 Å². The molecule has 0 amide bonds. The smallest absolute Gasteiger partial charge is 0.0717 e. The van der Waals surface area contributed by atoms with Crippen molar-refractivity contribution in [2.24, 2.45) is 0 Å². The van der Waals surface area contributed by atoms with E-state index < -0.39 is 0 Å². The molecule has 1 aromatic rings. The highest BCUT2D eigenvalue weighted by Gasteiger charge is 1.92. The zero-order valence-electron chi connectivity index (χ0n) is 12.7. The number of ether oxygens (including phenoxy) is 1. The van der Waals surface area contributed by atoms with Crippen molar-refractivity contribution in [3.05, 3.63) is 42.0 Å². The van der Waals surface area contributed by atoms with E-state index in [1.165, 1.54) is 31.2 Å². The lowest BCUT2D eigenvalue weighted by molar-refractivity contribution is 0.126. The van der Waals surface area contributed by atoms with Crippen LogP contribution in [0.5, 0.6) is 0 Å². The minimum atomic E-state index is 0.662. The summed E-state index contributed by atoms with van der Waals surface area (Å²) in [5, 5.41) is 0. The van der Waals surface area contributed by atoms with Crippen LogP contribution < -0.4 is 0 Å². The van der Waals surface area contributed by atoms with Gasteiger partial charge in [0.2, 0.25) is 0 Å². The molecule has 0 unspecified atom stereocenters. The summed E-state index contributed by atoms with van der Waals surface area (Å²) < 4.78 is 5.61. The van der Waals surface area contributed by atoms with Crippen molar-refractivity contribution >= 4 is 6.08 Å². The van der Waals surface area contributed by atoms with Crippen LogP contribution in [0, 0.1) is 11.8 Å². The molecule has 0 atom stereocenters. The predicted octanol–water partition coefficient (Wildman–Crippen LogP) is 5.21. The van der Waals surface area contributed by atoms with Crippen molar-refractivity contribution in [3.63, 3.8) is 0 Å². The van der Waals surface area contributed by atoms with Gasteiger partial charge in [-0.3, -0.25) is 0 Å². The summed E-state index contributed by atoms with van der Waals surface area (Å²) in [5.41, 5.74) is 2.34. The highest BCUT2D eigenvalue weighted by Crippen LogP contribution is 2.06. The van der Waals surface area contributed by atoms with Crippen molar-refractivity contribution < 1.29 is 4.74 Å². The third-order valence-corrected chi connectivity index (χ3v) is 3.14. The van der Waals surface area contributed by atoms with Gasteiger partial charge in [0.15, 0.2) is 0 Å². The summed E-state index contributed by atoms with van der Waals surface area (Å²) in [6, 6.07) is 8.27. The van der Waals surface area contributed by atoms with E-state index in [4.69, 9.17) is 4.74 Å². The van der Waals surface area contributed by atoms with Gasteiger partial charge in [-0.15, -0.1) is 11.8 Å². The van der Waals surface area contributed by atoms with E-state index in [9.17, 15) is 0 Å². The maximum absolute atomic E-state index is 5.61. The molecule has 0 fully saturated rings. The van der Waals surface area contributed by atoms with Gasteiger partial charge in [0, 0.05) is 12.8 Å². The van der Waals surface area contributed by atoms with Gasteiger partial charge in [0.1, 0.15) is 0 Å². The van der Waals surface area contributed by atoms with Crippen molar-refractivity contribution in [1.29, 1.82) is 0 Å². The molecular weight excluding hydrogens is 244 g/mol. The fourth-order valence-electron chi connectivity index (χ4n) is 1.88. The summed E-state index contributed by atoms with van der Waals surface area (Å²) in [6.45, 7) is 7.35. The summed E-state index contributed by atoms with van der Waals surface area (Å²) in [5.74, 6) is 6.40. The lowest BCUT2D eigenvalue weighted by atomic mass is 10.1. The molecule has 0 N–H and O–H groups in total. The van der Waals surface area contributed by atoms with Gasteiger partial charge < -0.3 is 4.74 Å². The zero-order valence-corrected chi connectivity index (χ0v) is 12.7. The normalized spacial score (nSPS) is 9.85. The molecule has 0 spiro atoms. The maximum Gasteiger partial charge on any atom is 0.0717 e. The van der Waals surface area contributed by atoms with E-state index in [-0.39, 0.29) is 0 Å². The molecule has 0 aliphatic carbocycles. The molecule has 0 aromatic heterocycles. The number of benzene rings is 1. The molecule has 0 radical (unpaired) electrons. The Hall–Kier alpha value is -1.52. The molecule has 1 aromatic carbocycles. The van der Waals surface area contributed by atoms with Crippen LogP contribution >= 0.6 is 0 Å². The fourth-order valence-corrected chi connectivity index (χ4v) is 1.88. The van der Waals surface area contributed by atoms with E-state index in [2.05, 4.69) is 49.6 Å². The highest BCUT2D eigenvalue weighted by molar-refractivity contribution is 5.47. The first-order valence-electron chi connectivity index (χ1n) is 7.61. The van der Waals surface area contributed by atoms with Crippen LogP contribution in [0.1, 0.15) is 56.6 Å². The molecule has 0 bridgehead atoms. The summed E-state index contributed by atoms with van der Waals surface area (Å²) >= 11 is 0. The Kier molecular flexibility index (Phi) is 9.36. The number of hydrogen-bond acceptors (Lipinski definition) is 1. The van der Waals surface area contributed by atoms with Crippen LogP contribution in [0.4, 0.5) is 0 Å². The lowest BCUT2D eigenvalue weighted by Gasteiger charge is -2.02. The minimum absolute atomic E-state index is 0.662. The molecule has 1 rings (SSSR count). The molecular formula is C19H26O. The van der Waals surface area contributed by atoms with E-state index in [1.807, 2.05) is 6.08 Å². The number of rotatable bonds is 9. The average molecular weight is 270 g/mol. The standard InChI is InChI=1S/C19H26O/c1-3-5-6-7-8-9-10-11-16-20-17-19-14-12-18(4-2)13-15-19/h4,12-15H,2-3,5-8,11,16-17H2,1H3. The SMILES string of the molecule is C=Cc1ccc(COCCC#CCCCCCC)cc1. The van der Waals surface area contributed by atoms with E-state index in [1.54, 1.807) is 0 Å². The van der Waals surface area contributed by atoms with Gasteiger partial charge in [-0.05, 0) is 17.5 Å². The first-order valence-corrected chi connectivity index (χ1v) is 7.61. The third-order valence-electron chi connectivity index (χ3n) is 3.14. The van der Waals surface area contributed by atoms with Gasteiger partial charge in [0.25, 0.3) is 0 Å². The van der Waals surface area contributed by atoms with Gasteiger partial charge in [-0.25, -0.2) is 0 Å². The van der Waals surface area contributed by atoms with Crippen LogP contribution in [0.15, 0.2) is 30.8 Å². The second-order valence-corrected chi connectivity index (χ2v) is 4.91. The Morgan fingerprint density at radius 1 is 1.05 bits per heavy atom. The first kappa shape index (κ1) is 16.5. The summed E-state index contributed by atoms with van der Waals surface area (Å²) in [7, 11) is 0. The number of unbranched alkanes of at least 4 members (excludes halogenated alkanes) is 4. The molecule has 0 saturated heterocycles. The Morgan fingerprint density at radius 2 is 1.80 bits per heavy atom. The van der Waals surface area contributed by atoms with Crippen LogP contribution in [0.25, 0.3) is 6.08 Å². The molecule has 108 valence electrons. The summed E-state index contributed by atoms with van der Waals surface area (Å²) in [4.78, 5) is 0. The summed E-state index contributed by atoms with van der Waals surface area (Å²) in [6.07, 6.45) is 8.87. The van der Waals surface area contributed by atoms with E-state index in [0.717, 1.165) is 18.4 Å². The fraction of sp³-hybridized carbons (Fsp3) is 0.474. The lowest BCUT2D eigenvalue weighted by Crippen LogP contribution is -1.94. The van der Waals surface area contributed by atoms with E-state index >= 15 is 0 Å². The molecule has 0 aliphatic rings. The molecule has 0 saturated carbocycles. The largest absolute Gasteiger partial charge is 0.376 e. The Morgan fingerprint density at radius 3 is 2.50 bits per heavy atom. The topological polar surface area (TPSA) is 9.23 Å². The highest BCUT2D eigenvalue weighted by atomic mass is 16.5. The van der Waals surface area contributed by atoms with Crippen molar-refractivity contribution in [2.45, 2.75) is 52.1 Å². The van der Waals surface area contributed by atoms with Crippen LogP contribution in [0.2, 0.25) is 0 Å². The van der Waals surface area contributed by atoms with Crippen molar-refractivity contribution in [3.8, 4) is 11.8 Å². The second kappa shape index (κ2) is 11.3. The predicted molar refractivity (Wildman–Crippen MR) is 87.3 cm³/mol. The first-order chi connectivity index (χ1) is 9.86. The maximum atomic E-state index is 5.61. The minimum Gasteiger partial charge on any atom is -0.376 e. The molecule has 0 aliphatic heterocycles. The van der Waals surface area contributed by atoms with E-state index in [0.29, 0.717) is 13.2 Å². The van der Waals surface area contributed by atoms with Crippen LogP contribution in [0.3, 0.4) is 0 Å². The Balaban J connectivity index is 2.04.